The number of carbonyl (C=O) groups is 1. The van der Waals surface area contributed by atoms with Crippen LogP contribution in [0.1, 0.15) is 28.5 Å². The van der Waals surface area contributed by atoms with Crippen molar-refractivity contribution in [3.8, 4) is 5.75 Å². The van der Waals surface area contributed by atoms with E-state index in [9.17, 15) is 9.59 Å². The molecule has 0 radical (unpaired) electrons. The zero-order chi connectivity index (χ0) is 16.0. The van der Waals surface area contributed by atoms with Crippen LogP contribution in [0.25, 0.3) is 0 Å². The van der Waals surface area contributed by atoms with E-state index in [0.717, 1.165) is 0 Å². The number of H-pyrrole nitrogens is 1. The number of benzene rings is 1. The minimum Gasteiger partial charge on any atom is -0.484 e. The third-order valence-electron chi connectivity index (χ3n) is 4.05. The summed E-state index contributed by atoms with van der Waals surface area (Å²) in [7, 11) is 0. The average Bonchev–Trinajstić information content (AvgIpc) is 3.18. The number of nitrogens with one attached hydrogen (secondary N) is 1. The molecule has 23 heavy (non-hydrogen) atoms. The molecule has 1 aliphatic heterocycles. The van der Waals surface area contributed by atoms with E-state index in [1.165, 1.54) is 0 Å². The lowest BCUT2D eigenvalue weighted by Crippen LogP contribution is -2.38. The lowest BCUT2D eigenvalue weighted by molar-refractivity contribution is -0.0796. The van der Waals surface area contributed by atoms with Crippen LogP contribution in [0.2, 0.25) is 5.02 Å². The van der Waals surface area contributed by atoms with Crippen LogP contribution < -0.4 is 10.5 Å². The van der Waals surface area contributed by atoms with E-state index in [-0.39, 0.29) is 23.7 Å². The molecule has 0 unspecified atom stereocenters. The Morgan fingerprint density at radius 3 is 2.83 bits per heavy atom. The summed E-state index contributed by atoms with van der Waals surface area (Å²) in [5.41, 5.74) is 0.519. The van der Waals surface area contributed by atoms with Gasteiger partial charge in [0.2, 0.25) is 0 Å². The van der Waals surface area contributed by atoms with E-state index in [2.05, 4.69) is 14.7 Å². The van der Waals surface area contributed by atoms with Crippen LogP contribution in [0.4, 0.5) is 0 Å². The molecule has 8 heteroatoms. The number of hydrogen-bond donors (Lipinski definition) is 1. The summed E-state index contributed by atoms with van der Waals surface area (Å²) in [6.45, 7) is 1.10. The van der Waals surface area contributed by atoms with Gasteiger partial charge in [0.05, 0.1) is 18.2 Å². The van der Waals surface area contributed by atoms with Crippen molar-refractivity contribution in [3.63, 3.8) is 0 Å². The number of hydrogen-bond acceptors (Lipinski definition) is 6. The minimum absolute atomic E-state index is 0.0193. The van der Waals surface area contributed by atoms with E-state index in [4.69, 9.17) is 21.1 Å². The summed E-state index contributed by atoms with van der Waals surface area (Å²) < 4.78 is 15.2. The summed E-state index contributed by atoms with van der Waals surface area (Å²) in [6.07, 6.45) is 0.655. The van der Waals surface area contributed by atoms with Crippen LogP contribution >= 0.6 is 11.6 Å². The number of halogens is 1. The minimum atomic E-state index is -0.609. The van der Waals surface area contributed by atoms with Crippen LogP contribution in [0.5, 0.6) is 5.75 Å². The molecule has 0 bridgehead atoms. The highest BCUT2D eigenvalue weighted by atomic mass is 35.5. The monoisotopic (exact) mass is 336 g/mol. The normalized spacial score (nSPS) is 23.3. The van der Waals surface area contributed by atoms with E-state index >= 15 is 0 Å². The molecule has 2 heterocycles. The summed E-state index contributed by atoms with van der Waals surface area (Å²) in [5.74, 6) is 0.0189. The van der Waals surface area contributed by atoms with Gasteiger partial charge < -0.3 is 9.47 Å². The van der Waals surface area contributed by atoms with Gasteiger partial charge in [-0.1, -0.05) is 16.8 Å². The maximum atomic E-state index is 12.5. The van der Waals surface area contributed by atoms with Gasteiger partial charge in [-0.15, -0.1) is 0 Å². The first kappa shape index (κ1) is 14.5. The molecule has 4 rings (SSSR count). The average molecular weight is 337 g/mol. The van der Waals surface area contributed by atoms with Gasteiger partial charge in [-0.3, -0.25) is 14.3 Å². The zero-order valence-electron chi connectivity index (χ0n) is 12.0. The van der Waals surface area contributed by atoms with E-state index < -0.39 is 5.76 Å². The first-order chi connectivity index (χ1) is 11.1. The SMILES string of the molecule is O=C(c1ccc(OC2COC2)c(Cl)c1)[C@H]1C[C@@H]1c1noc(=O)[nH]1. The van der Waals surface area contributed by atoms with Crippen molar-refractivity contribution < 1.29 is 18.8 Å². The van der Waals surface area contributed by atoms with Gasteiger partial charge in [-0.05, 0) is 24.6 Å². The quantitative estimate of drug-likeness (QED) is 0.836. The molecule has 2 aromatic rings. The van der Waals surface area contributed by atoms with Crippen LogP contribution in [-0.4, -0.2) is 35.2 Å². The standard InChI is InChI=1S/C15H13ClN2O5/c16-11-3-7(1-2-12(11)22-8-5-21-6-8)13(19)9-4-10(9)14-17-15(20)23-18-14/h1-3,8-10H,4-6H2,(H,17,18,20)/t9-,10-/m0/s1. The van der Waals surface area contributed by atoms with Gasteiger partial charge in [0, 0.05) is 17.4 Å². The molecule has 1 N–H and O–H groups in total. The molecule has 2 aliphatic rings. The van der Waals surface area contributed by atoms with Crippen molar-refractivity contribution in [1.82, 2.24) is 10.1 Å². The predicted octanol–water partition coefficient (Wildman–Crippen LogP) is 1.78. The Hall–Kier alpha value is -2.12. The number of Topliss-reactive ketones (excluding diaryl/α,β-unsaturated/α-hetero) is 1. The van der Waals surface area contributed by atoms with E-state index in [0.29, 0.717) is 41.8 Å². The summed E-state index contributed by atoms with van der Waals surface area (Å²) in [5, 5.41) is 4.03. The fourth-order valence-electron chi connectivity index (χ4n) is 2.61. The molecule has 1 aromatic heterocycles. The molecule has 2 atom stereocenters. The molecule has 0 spiro atoms. The van der Waals surface area contributed by atoms with Crippen LogP contribution in [-0.2, 0) is 4.74 Å². The predicted molar refractivity (Wildman–Crippen MR) is 79.0 cm³/mol. The van der Waals surface area contributed by atoms with Gasteiger partial charge in [-0.2, -0.15) is 0 Å². The molecule has 7 nitrogen and oxygen atoms in total. The third-order valence-corrected chi connectivity index (χ3v) is 4.35. The number of aromatic amines is 1. The molecule has 1 saturated heterocycles. The van der Waals surface area contributed by atoms with Crippen molar-refractivity contribution >= 4 is 17.4 Å². The first-order valence-corrected chi connectivity index (χ1v) is 7.63. The van der Waals surface area contributed by atoms with Gasteiger partial charge in [0.25, 0.3) is 0 Å². The zero-order valence-corrected chi connectivity index (χ0v) is 12.7. The molecule has 1 aromatic carbocycles. The summed E-state index contributed by atoms with van der Waals surface area (Å²) in [6, 6.07) is 5.01. The molecule has 1 aliphatic carbocycles. The third kappa shape index (κ3) is 2.77. The number of ketones is 1. The maximum Gasteiger partial charge on any atom is 0.438 e. The van der Waals surface area contributed by atoms with Crippen LogP contribution in [0.3, 0.4) is 0 Å². The van der Waals surface area contributed by atoms with Crippen molar-refractivity contribution in [3.05, 3.63) is 45.2 Å². The lowest BCUT2D eigenvalue weighted by Gasteiger charge is -2.27. The molecular formula is C15H13ClN2O5. The van der Waals surface area contributed by atoms with Crippen molar-refractivity contribution in [1.29, 1.82) is 0 Å². The van der Waals surface area contributed by atoms with E-state index in [1.54, 1.807) is 18.2 Å². The molecular weight excluding hydrogens is 324 g/mol. The Labute approximate surface area is 135 Å². The second-order valence-corrected chi connectivity index (χ2v) is 6.12. The molecule has 1 saturated carbocycles. The Bertz CT molecular complexity index is 810. The fraction of sp³-hybridized carbons (Fsp3) is 0.400. The number of aromatic nitrogens is 2. The van der Waals surface area contributed by atoms with Gasteiger partial charge >= 0.3 is 5.76 Å². The highest BCUT2D eigenvalue weighted by Crippen LogP contribution is 2.48. The number of nitrogens with zero attached hydrogens (tertiary/aromatic N) is 1. The van der Waals surface area contributed by atoms with E-state index in [1.807, 2.05) is 0 Å². The number of ether oxygens (including phenoxy) is 2. The highest BCUT2D eigenvalue weighted by molar-refractivity contribution is 6.32. The second kappa shape index (κ2) is 5.50. The fourth-order valence-corrected chi connectivity index (χ4v) is 2.84. The van der Waals surface area contributed by atoms with Gasteiger partial charge in [-0.25, -0.2) is 4.79 Å². The lowest BCUT2D eigenvalue weighted by atomic mass is 10.1. The van der Waals surface area contributed by atoms with Crippen LogP contribution in [0.15, 0.2) is 27.5 Å². The first-order valence-electron chi connectivity index (χ1n) is 7.26. The largest absolute Gasteiger partial charge is 0.484 e. The Kier molecular flexibility index (Phi) is 3.46. The molecule has 0 amide bonds. The summed E-state index contributed by atoms with van der Waals surface area (Å²) in [4.78, 5) is 25.9. The van der Waals surface area contributed by atoms with Crippen molar-refractivity contribution in [2.24, 2.45) is 5.92 Å². The number of carbonyl (C=O) groups excluding carboxylic acids is 1. The smallest absolute Gasteiger partial charge is 0.438 e. The highest BCUT2D eigenvalue weighted by Gasteiger charge is 2.46. The maximum absolute atomic E-state index is 12.5. The molecule has 2 fully saturated rings. The molecule has 120 valence electrons. The Balaban J connectivity index is 1.46. The topological polar surface area (TPSA) is 94.4 Å². The number of rotatable bonds is 5. The van der Waals surface area contributed by atoms with Crippen molar-refractivity contribution in [2.45, 2.75) is 18.4 Å². The van der Waals surface area contributed by atoms with Gasteiger partial charge in [0.1, 0.15) is 11.9 Å². The second-order valence-electron chi connectivity index (χ2n) is 5.72. The van der Waals surface area contributed by atoms with Crippen molar-refractivity contribution in [2.75, 3.05) is 13.2 Å². The van der Waals surface area contributed by atoms with Gasteiger partial charge in [0.15, 0.2) is 11.6 Å². The Morgan fingerprint density at radius 1 is 1.39 bits per heavy atom. The summed E-state index contributed by atoms with van der Waals surface area (Å²) >= 11 is 6.19. The van der Waals surface area contributed by atoms with Crippen LogP contribution in [0, 0.1) is 5.92 Å². The Morgan fingerprint density at radius 2 is 2.22 bits per heavy atom.